The van der Waals surface area contributed by atoms with Gasteiger partial charge in [0.1, 0.15) is 0 Å². The number of rotatable bonds is 4. The maximum Gasteiger partial charge on any atom is 0.423 e. The molecule has 1 atom stereocenters. The summed E-state index contributed by atoms with van der Waals surface area (Å²) in [6.07, 6.45) is 1.41. The van der Waals surface area contributed by atoms with E-state index in [2.05, 4.69) is 0 Å². The van der Waals surface area contributed by atoms with E-state index in [4.69, 9.17) is 5.26 Å². The average Bonchev–Trinajstić information content (AvgIpc) is 1.84. The van der Waals surface area contributed by atoms with Crippen molar-refractivity contribution < 1.29 is 8.22 Å². The predicted octanol–water partition coefficient (Wildman–Crippen LogP) is 2.94. The SMILES string of the molecule is CCCC(C#N)C[Si](C)(F)F. The lowest BCUT2D eigenvalue weighted by molar-refractivity contribution is 0.548. The van der Waals surface area contributed by atoms with Crippen LogP contribution in [0.5, 0.6) is 0 Å². The van der Waals surface area contributed by atoms with Gasteiger partial charge in [0.15, 0.2) is 0 Å². The van der Waals surface area contributed by atoms with Gasteiger partial charge in [-0.15, -0.1) is 0 Å². The largest absolute Gasteiger partial charge is 0.423 e. The maximum absolute atomic E-state index is 12.5. The van der Waals surface area contributed by atoms with Gasteiger partial charge < -0.3 is 0 Å². The Morgan fingerprint density at radius 1 is 1.55 bits per heavy atom. The Morgan fingerprint density at radius 2 is 2.09 bits per heavy atom. The first-order chi connectivity index (χ1) is 4.99. The van der Waals surface area contributed by atoms with Gasteiger partial charge in [0, 0.05) is 12.0 Å². The Balaban J connectivity index is 3.81. The second-order valence-corrected chi connectivity index (χ2v) is 5.44. The molecular weight excluding hydrogens is 164 g/mol. The molecule has 1 nitrogen and oxygen atoms in total. The summed E-state index contributed by atoms with van der Waals surface area (Å²) in [5.74, 6) is -0.424. The molecule has 0 heterocycles. The highest BCUT2D eigenvalue weighted by atomic mass is 28.4. The molecule has 11 heavy (non-hydrogen) atoms. The van der Waals surface area contributed by atoms with Gasteiger partial charge in [-0.25, -0.2) is 0 Å². The minimum atomic E-state index is -4.00. The van der Waals surface area contributed by atoms with Gasteiger partial charge in [-0.3, -0.25) is 8.22 Å². The van der Waals surface area contributed by atoms with E-state index in [1.54, 1.807) is 0 Å². The van der Waals surface area contributed by atoms with Crippen molar-refractivity contribution in [3.63, 3.8) is 0 Å². The molecule has 0 aromatic rings. The molecule has 0 rings (SSSR count). The van der Waals surface area contributed by atoms with Crippen LogP contribution in [0.2, 0.25) is 12.6 Å². The van der Waals surface area contributed by atoms with E-state index < -0.39 is 14.7 Å². The normalized spacial score (nSPS) is 14.1. The van der Waals surface area contributed by atoms with Crippen molar-refractivity contribution in [2.75, 3.05) is 0 Å². The minimum Gasteiger partial charge on any atom is -0.271 e. The number of hydrogen-bond acceptors (Lipinski definition) is 1. The third kappa shape index (κ3) is 5.98. The summed E-state index contributed by atoms with van der Waals surface area (Å²) in [4.78, 5) is 0. The van der Waals surface area contributed by atoms with Crippen LogP contribution < -0.4 is 0 Å². The molecule has 0 fully saturated rings. The van der Waals surface area contributed by atoms with Crippen LogP contribution in [-0.4, -0.2) is 8.74 Å². The topological polar surface area (TPSA) is 23.8 Å². The fraction of sp³-hybridized carbons (Fsp3) is 0.857. The van der Waals surface area contributed by atoms with E-state index in [-0.39, 0.29) is 6.04 Å². The zero-order valence-electron chi connectivity index (χ0n) is 6.90. The van der Waals surface area contributed by atoms with Gasteiger partial charge in [0.25, 0.3) is 0 Å². The summed E-state index contributed by atoms with van der Waals surface area (Å²) < 4.78 is 24.9. The molecule has 0 aromatic carbocycles. The fourth-order valence-corrected chi connectivity index (χ4v) is 2.15. The van der Waals surface area contributed by atoms with Crippen LogP contribution in [0.4, 0.5) is 8.22 Å². The average molecular weight is 177 g/mol. The van der Waals surface area contributed by atoms with Crippen molar-refractivity contribution in [2.45, 2.75) is 32.4 Å². The Kier molecular flexibility index (Phi) is 4.27. The molecule has 0 saturated heterocycles. The van der Waals surface area contributed by atoms with Gasteiger partial charge in [-0.1, -0.05) is 13.3 Å². The van der Waals surface area contributed by atoms with Crippen LogP contribution in [0.3, 0.4) is 0 Å². The Labute approximate surface area is 67.4 Å². The van der Waals surface area contributed by atoms with Gasteiger partial charge in [0.05, 0.1) is 6.07 Å². The van der Waals surface area contributed by atoms with Crippen molar-refractivity contribution in [3.8, 4) is 6.07 Å². The lowest BCUT2D eigenvalue weighted by atomic mass is 10.1. The first-order valence-electron chi connectivity index (χ1n) is 3.77. The molecule has 64 valence electrons. The van der Waals surface area contributed by atoms with Crippen LogP contribution in [-0.2, 0) is 0 Å². The van der Waals surface area contributed by atoms with Crippen molar-refractivity contribution in [3.05, 3.63) is 0 Å². The van der Waals surface area contributed by atoms with E-state index in [0.29, 0.717) is 6.42 Å². The zero-order chi connectivity index (χ0) is 8.91. The van der Waals surface area contributed by atoms with Crippen LogP contribution >= 0.6 is 0 Å². The maximum atomic E-state index is 12.5. The van der Waals surface area contributed by atoms with Crippen LogP contribution in [0.25, 0.3) is 0 Å². The summed E-state index contributed by atoms with van der Waals surface area (Å²) in [6.45, 7) is 2.90. The van der Waals surface area contributed by atoms with E-state index in [0.717, 1.165) is 13.0 Å². The molecule has 0 amide bonds. The number of nitrogens with zero attached hydrogens (tertiary/aromatic N) is 1. The smallest absolute Gasteiger partial charge is 0.271 e. The highest BCUT2D eigenvalue weighted by molar-refractivity contribution is 6.64. The monoisotopic (exact) mass is 177 g/mol. The van der Waals surface area contributed by atoms with Crippen LogP contribution in [0.1, 0.15) is 19.8 Å². The van der Waals surface area contributed by atoms with Crippen molar-refractivity contribution in [1.29, 1.82) is 5.26 Å². The van der Waals surface area contributed by atoms with Crippen LogP contribution in [0.15, 0.2) is 0 Å². The molecule has 0 spiro atoms. The van der Waals surface area contributed by atoms with E-state index >= 15 is 0 Å². The first-order valence-corrected chi connectivity index (χ1v) is 6.23. The van der Waals surface area contributed by atoms with E-state index in [1.165, 1.54) is 0 Å². The molecule has 1 unspecified atom stereocenters. The number of hydrogen-bond donors (Lipinski definition) is 0. The Bertz CT molecular complexity index is 148. The minimum absolute atomic E-state index is 0.169. The second-order valence-electron chi connectivity index (χ2n) is 2.89. The Hall–Kier alpha value is -0.433. The standard InChI is InChI=1S/C7H13F2NSi/c1-3-4-7(5-10)6-11(2,8)9/h7H,3-4,6H2,1-2H3. The first kappa shape index (κ1) is 10.6. The molecule has 0 aromatic heterocycles. The summed E-state index contributed by atoms with van der Waals surface area (Å²) in [5.41, 5.74) is 0. The van der Waals surface area contributed by atoms with E-state index in [9.17, 15) is 8.22 Å². The quantitative estimate of drug-likeness (QED) is 0.478. The third-order valence-corrected chi connectivity index (χ3v) is 2.63. The van der Waals surface area contributed by atoms with Crippen molar-refractivity contribution >= 4 is 8.74 Å². The zero-order valence-corrected chi connectivity index (χ0v) is 7.90. The second kappa shape index (κ2) is 4.45. The molecule has 0 bridgehead atoms. The summed E-state index contributed by atoms with van der Waals surface area (Å²) in [6, 6.07) is 1.74. The highest BCUT2D eigenvalue weighted by Crippen LogP contribution is 2.22. The molecule has 4 heteroatoms. The molecule has 0 aliphatic carbocycles. The molecule has 0 radical (unpaired) electrons. The lowest BCUT2D eigenvalue weighted by Crippen LogP contribution is -2.20. The van der Waals surface area contributed by atoms with Gasteiger partial charge in [-0.05, 0) is 13.0 Å². The molecule has 0 saturated carbocycles. The Morgan fingerprint density at radius 3 is 2.36 bits per heavy atom. The lowest BCUT2D eigenvalue weighted by Gasteiger charge is -2.10. The molecule has 0 N–H and O–H groups in total. The summed E-state index contributed by atoms with van der Waals surface area (Å²) >= 11 is 0. The molecule has 0 aliphatic rings. The van der Waals surface area contributed by atoms with Gasteiger partial charge in [0.2, 0.25) is 0 Å². The van der Waals surface area contributed by atoms with Gasteiger partial charge >= 0.3 is 8.74 Å². The molecular formula is C7H13F2NSi. The molecule has 0 aliphatic heterocycles. The number of nitriles is 1. The van der Waals surface area contributed by atoms with Crippen LogP contribution in [0, 0.1) is 17.2 Å². The van der Waals surface area contributed by atoms with Crippen molar-refractivity contribution in [2.24, 2.45) is 5.92 Å². The fourth-order valence-electron chi connectivity index (χ4n) is 0.993. The summed E-state index contributed by atoms with van der Waals surface area (Å²) in [5, 5.41) is 8.46. The summed E-state index contributed by atoms with van der Waals surface area (Å²) in [7, 11) is -4.00. The third-order valence-electron chi connectivity index (χ3n) is 1.42. The van der Waals surface area contributed by atoms with Crippen molar-refractivity contribution in [1.82, 2.24) is 0 Å². The van der Waals surface area contributed by atoms with Gasteiger partial charge in [-0.2, -0.15) is 5.26 Å². The van der Waals surface area contributed by atoms with E-state index in [1.807, 2.05) is 13.0 Å². The number of halogens is 2. The predicted molar refractivity (Wildman–Crippen MR) is 42.7 cm³/mol. The highest BCUT2D eigenvalue weighted by Gasteiger charge is 2.31.